The van der Waals surface area contributed by atoms with Crippen LogP contribution in [0.15, 0.2) is 84.9 Å². The zero-order valence-electron chi connectivity index (χ0n) is 38.1. The number of esters is 4. The molecule has 4 saturated heterocycles. The van der Waals surface area contributed by atoms with Crippen molar-refractivity contribution >= 4 is 95.8 Å². The first-order chi connectivity index (χ1) is 31.0. The molecule has 3 aromatic carbocycles. The SMILES string of the molecule is CC(C)(C)C(=O)OCOC(=O)[C@@H]1N2C(=O)[C@@H](NC(=O)[C@H](N)c3ccccc3)[C@H]2SC1(C)C.CC1(C)S[C@@H]2[C@H](NC(=O)C(N)c3ccccc3)C(=O)N2[C@H]1C(=O)OC1OC(=O)c2ccccc21.Cl.Cl. The van der Waals surface area contributed by atoms with Crippen LogP contribution >= 0.6 is 48.3 Å². The molecule has 0 spiro atoms. The van der Waals surface area contributed by atoms with E-state index in [2.05, 4.69) is 10.6 Å². The van der Waals surface area contributed by atoms with Gasteiger partial charge in [0.05, 0.1) is 11.0 Å². The van der Waals surface area contributed by atoms with E-state index in [-0.39, 0.29) is 36.6 Å². The Bertz CT molecular complexity index is 2450. The molecule has 2 unspecified atom stereocenters. The fourth-order valence-electron chi connectivity index (χ4n) is 8.17. The smallest absolute Gasteiger partial charge is 0.342 e. The molecule has 3 aromatic rings. The Morgan fingerprint density at radius 3 is 1.56 bits per heavy atom. The van der Waals surface area contributed by atoms with Crippen LogP contribution in [0.4, 0.5) is 0 Å². The van der Waals surface area contributed by atoms with Gasteiger partial charge in [-0.05, 0) is 65.7 Å². The molecule has 0 saturated carbocycles. The molecule has 366 valence electrons. The van der Waals surface area contributed by atoms with E-state index in [1.807, 2.05) is 39.8 Å². The fourth-order valence-corrected chi connectivity index (χ4v) is 11.4. The topological polar surface area (TPSA) is 256 Å². The molecule has 0 aromatic heterocycles. The number of hydrogen-bond acceptors (Lipinski definition) is 16. The Kier molecular flexibility index (Phi) is 16.3. The Balaban J connectivity index is 0.000000247. The first-order valence-corrected chi connectivity index (χ1v) is 22.9. The summed E-state index contributed by atoms with van der Waals surface area (Å²) in [6.45, 7) is 11.9. The third kappa shape index (κ3) is 10.4. The van der Waals surface area contributed by atoms with Crippen molar-refractivity contribution in [2.45, 2.75) is 111 Å². The van der Waals surface area contributed by atoms with Crippen molar-refractivity contribution < 1.29 is 57.3 Å². The van der Waals surface area contributed by atoms with Gasteiger partial charge in [0.2, 0.25) is 30.4 Å². The summed E-state index contributed by atoms with van der Waals surface area (Å²) in [4.78, 5) is 104. The lowest BCUT2D eigenvalue weighted by Gasteiger charge is -2.44. The summed E-state index contributed by atoms with van der Waals surface area (Å²) in [7, 11) is 0. The zero-order chi connectivity index (χ0) is 48.0. The molecule has 4 fully saturated rings. The van der Waals surface area contributed by atoms with Crippen LogP contribution in [0.25, 0.3) is 0 Å². The lowest BCUT2D eigenvalue weighted by atomic mass is 9.95. The highest BCUT2D eigenvalue weighted by Crippen LogP contribution is 2.52. The summed E-state index contributed by atoms with van der Waals surface area (Å²) >= 11 is 2.80. The number of benzene rings is 3. The number of carbonyl (C=O) groups excluding carboxylic acids is 8. The molecule has 6 N–H and O–H groups in total. The average molecular weight is 1020 g/mol. The summed E-state index contributed by atoms with van der Waals surface area (Å²) < 4.78 is 19.5. The Hall–Kier alpha value is -5.38. The minimum Gasteiger partial charge on any atom is -0.427 e. The molecule has 18 nitrogen and oxygen atoms in total. The fraction of sp³-hybridized carbons (Fsp3) is 0.435. The van der Waals surface area contributed by atoms with E-state index in [1.54, 1.807) is 93.6 Å². The van der Waals surface area contributed by atoms with Crippen LogP contribution in [0.5, 0.6) is 0 Å². The maximum Gasteiger partial charge on any atom is 0.342 e. The molecule has 0 radical (unpaired) electrons. The largest absolute Gasteiger partial charge is 0.427 e. The molecule has 5 heterocycles. The highest BCUT2D eigenvalue weighted by molar-refractivity contribution is 8.02. The first-order valence-electron chi connectivity index (χ1n) is 21.1. The van der Waals surface area contributed by atoms with Crippen molar-refractivity contribution in [3.8, 4) is 0 Å². The molecule has 5 aliphatic rings. The van der Waals surface area contributed by atoms with Gasteiger partial charge in [0.15, 0.2) is 0 Å². The average Bonchev–Trinajstić information content (AvgIpc) is 3.84. The van der Waals surface area contributed by atoms with Crippen LogP contribution < -0.4 is 22.1 Å². The van der Waals surface area contributed by atoms with Gasteiger partial charge >= 0.3 is 23.9 Å². The van der Waals surface area contributed by atoms with Crippen molar-refractivity contribution in [2.24, 2.45) is 16.9 Å². The van der Waals surface area contributed by atoms with Gasteiger partial charge in [-0.3, -0.25) is 24.0 Å². The van der Waals surface area contributed by atoms with Crippen molar-refractivity contribution in [1.29, 1.82) is 0 Å². The Labute approximate surface area is 413 Å². The van der Waals surface area contributed by atoms with Crippen LogP contribution in [0.3, 0.4) is 0 Å². The number of nitrogens with one attached hydrogen (secondary N) is 2. The number of thioether (sulfide) groups is 2. The van der Waals surface area contributed by atoms with E-state index in [1.165, 1.54) is 33.3 Å². The number of carbonyl (C=O) groups is 8. The monoisotopic (exact) mass is 1020 g/mol. The Morgan fingerprint density at radius 1 is 0.676 bits per heavy atom. The molecular formula is C46H54Cl2N6O12S2. The number of rotatable bonds is 11. The lowest BCUT2D eigenvalue weighted by molar-refractivity contribution is -0.181. The van der Waals surface area contributed by atoms with Gasteiger partial charge < -0.3 is 50.8 Å². The van der Waals surface area contributed by atoms with Gasteiger partial charge in [-0.2, -0.15) is 0 Å². The minimum atomic E-state index is -1.16. The molecule has 0 bridgehead atoms. The summed E-state index contributed by atoms with van der Waals surface area (Å²) in [5.74, 6) is -4.10. The molecule has 4 amide bonds. The summed E-state index contributed by atoms with van der Waals surface area (Å²) in [6, 6.07) is 19.2. The predicted octanol–water partition coefficient (Wildman–Crippen LogP) is 3.81. The molecule has 22 heteroatoms. The number of hydrogen-bond donors (Lipinski definition) is 4. The number of ether oxygens (including phenoxy) is 4. The van der Waals surface area contributed by atoms with Gasteiger partial charge in [-0.15, -0.1) is 48.3 Å². The molecule has 9 atom stereocenters. The zero-order valence-corrected chi connectivity index (χ0v) is 41.3. The van der Waals surface area contributed by atoms with Gasteiger partial charge in [0.25, 0.3) is 6.29 Å². The van der Waals surface area contributed by atoms with Crippen molar-refractivity contribution in [3.63, 3.8) is 0 Å². The van der Waals surface area contributed by atoms with Gasteiger partial charge in [0, 0.05) is 15.1 Å². The maximum atomic E-state index is 13.2. The van der Waals surface area contributed by atoms with Crippen molar-refractivity contribution in [1.82, 2.24) is 20.4 Å². The number of β-lactam (4-membered cyclic amide) rings is 2. The third-order valence-corrected chi connectivity index (χ3v) is 14.8. The minimum absolute atomic E-state index is 0. The molecule has 68 heavy (non-hydrogen) atoms. The van der Waals surface area contributed by atoms with Crippen molar-refractivity contribution in [3.05, 3.63) is 107 Å². The molecule has 8 rings (SSSR count). The molecule has 5 aliphatic heterocycles. The second-order valence-electron chi connectivity index (χ2n) is 18.3. The second kappa shape index (κ2) is 20.7. The van der Waals surface area contributed by atoms with E-state index in [0.717, 1.165) is 0 Å². The lowest BCUT2D eigenvalue weighted by Crippen LogP contribution is -2.71. The molecule has 0 aliphatic carbocycles. The summed E-state index contributed by atoms with van der Waals surface area (Å²) in [5, 5.41) is 4.58. The number of nitrogens with two attached hydrogens (primary N) is 2. The van der Waals surface area contributed by atoms with Crippen LogP contribution in [0.1, 0.15) is 93.9 Å². The second-order valence-corrected chi connectivity index (χ2v) is 21.8. The van der Waals surface area contributed by atoms with Gasteiger partial charge in [0.1, 0.15) is 47.0 Å². The predicted molar refractivity (Wildman–Crippen MR) is 254 cm³/mol. The van der Waals surface area contributed by atoms with Gasteiger partial charge in [-0.25, -0.2) is 14.4 Å². The number of cyclic esters (lactones) is 1. The van der Waals surface area contributed by atoms with E-state index in [9.17, 15) is 38.4 Å². The maximum absolute atomic E-state index is 13.2. The van der Waals surface area contributed by atoms with E-state index in [4.69, 9.17) is 30.4 Å². The first kappa shape index (κ1) is 53.6. The van der Waals surface area contributed by atoms with Gasteiger partial charge in [-0.1, -0.05) is 78.9 Å². The number of amides is 4. The highest BCUT2D eigenvalue weighted by Gasteiger charge is 2.66. The summed E-state index contributed by atoms with van der Waals surface area (Å²) in [5.41, 5.74) is 13.4. The Morgan fingerprint density at radius 2 is 1.10 bits per heavy atom. The normalized spacial score (nSPS) is 25.2. The van der Waals surface area contributed by atoms with Crippen LogP contribution in [-0.2, 0) is 52.5 Å². The van der Waals surface area contributed by atoms with E-state index < -0.39 is 111 Å². The number of nitrogens with zero attached hydrogens (tertiary/aromatic N) is 2. The quantitative estimate of drug-likeness (QED) is 0.121. The third-order valence-electron chi connectivity index (χ3n) is 11.7. The van der Waals surface area contributed by atoms with Crippen LogP contribution in [0.2, 0.25) is 0 Å². The highest BCUT2D eigenvalue weighted by atomic mass is 35.5. The van der Waals surface area contributed by atoms with Crippen LogP contribution in [-0.4, -0.2) is 109 Å². The van der Waals surface area contributed by atoms with E-state index >= 15 is 0 Å². The molecular weight excluding hydrogens is 964 g/mol. The van der Waals surface area contributed by atoms with Crippen LogP contribution in [0, 0.1) is 5.41 Å². The standard InChI is InChI=1S/C24H23N3O6S.C22H29N3O6S.2ClH/c1-24(2)17(22(31)33-23-14-11-7-6-10-13(14)21(30)32-23)27-19(29)16(20(27)34-24)26-18(28)15(25)12-8-4-3-5-9-12;1-21(2,3)20(29)31-11-30-19(28)15-22(4,5)32-18-14(17(27)25(15)18)24-16(26)13(23)12-9-7-6-8-10-12;;/h3-11,15-17,20,23H,25H2,1-2H3,(H,26,28);6-10,13-15,18H,11,23H2,1-5H3,(H,24,26);2*1H/t15?,16-,17+,20-,23?;13-,14-,15+,18-;;/m11../s1. The number of fused-ring (bicyclic) bond motifs is 3. The number of halogens is 2. The van der Waals surface area contributed by atoms with Crippen molar-refractivity contribution in [2.75, 3.05) is 6.79 Å². The van der Waals surface area contributed by atoms with E-state index in [0.29, 0.717) is 22.3 Å². The summed E-state index contributed by atoms with van der Waals surface area (Å²) in [6.07, 6.45) is -1.16.